The molecule has 1 aliphatic rings. The van der Waals surface area contributed by atoms with E-state index in [0.29, 0.717) is 36.7 Å². The lowest BCUT2D eigenvalue weighted by Gasteiger charge is -2.40. The van der Waals surface area contributed by atoms with Crippen molar-refractivity contribution >= 4 is 5.91 Å². The molecule has 8 nitrogen and oxygen atoms in total. The molecule has 1 fully saturated rings. The van der Waals surface area contributed by atoms with Crippen molar-refractivity contribution in [3.05, 3.63) is 66.0 Å². The number of amides is 1. The highest BCUT2D eigenvalue weighted by Crippen LogP contribution is 2.39. The monoisotopic (exact) mass is 494 g/mol. The molecular formula is C27H35FN6O2. The Labute approximate surface area is 211 Å². The smallest absolute Gasteiger partial charge is 0.252 e. The number of nitrogens with zero attached hydrogens (tertiary/aromatic N) is 4. The van der Waals surface area contributed by atoms with E-state index < -0.39 is 23.7 Å². The fraction of sp³-hybridized carbons (Fsp3) is 0.481. The number of alkyl halides is 1. The number of nitrogens with two attached hydrogens (primary N) is 1. The number of carbonyl (C=O) groups is 1. The first kappa shape index (κ1) is 25.9. The van der Waals surface area contributed by atoms with Crippen LogP contribution in [0.4, 0.5) is 4.39 Å². The van der Waals surface area contributed by atoms with E-state index in [9.17, 15) is 9.18 Å². The fourth-order valence-electron chi connectivity index (χ4n) is 4.71. The molecule has 2 aromatic heterocycles. The number of hydrogen-bond donors (Lipinski definition) is 2. The first-order valence-corrected chi connectivity index (χ1v) is 12.4. The maximum absolute atomic E-state index is 14.7. The molecule has 0 bridgehead atoms. The Kier molecular flexibility index (Phi) is 8.11. The molecule has 1 amide bonds. The van der Waals surface area contributed by atoms with Crippen LogP contribution in [0.2, 0.25) is 0 Å². The zero-order valence-electron chi connectivity index (χ0n) is 21.2. The van der Waals surface area contributed by atoms with Crippen molar-refractivity contribution in [2.45, 2.75) is 58.4 Å². The Balaban J connectivity index is 1.80. The van der Waals surface area contributed by atoms with E-state index in [0.717, 1.165) is 17.7 Å². The summed E-state index contributed by atoms with van der Waals surface area (Å²) in [4.78, 5) is 32.3. The number of nitrogens with one attached hydrogen (secondary N) is 1. The van der Waals surface area contributed by atoms with Gasteiger partial charge in [0.05, 0.1) is 18.8 Å². The predicted molar refractivity (Wildman–Crippen MR) is 136 cm³/mol. The fourth-order valence-corrected chi connectivity index (χ4v) is 4.71. The maximum atomic E-state index is 14.7. The summed E-state index contributed by atoms with van der Waals surface area (Å²) in [5, 5.41) is 0. The van der Waals surface area contributed by atoms with E-state index in [1.165, 1.54) is 0 Å². The van der Waals surface area contributed by atoms with Gasteiger partial charge in [-0.25, -0.2) is 9.37 Å². The maximum Gasteiger partial charge on any atom is 0.252 e. The second-order valence-electron chi connectivity index (χ2n) is 10.3. The molecular weight excluding hydrogens is 459 g/mol. The third-order valence-corrected chi connectivity index (χ3v) is 6.36. The van der Waals surface area contributed by atoms with Crippen molar-refractivity contribution < 1.29 is 13.9 Å². The van der Waals surface area contributed by atoms with Crippen molar-refractivity contribution in [3.8, 4) is 11.4 Å². The number of benzene rings is 1. The van der Waals surface area contributed by atoms with E-state index in [1.54, 1.807) is 23.5 Å². The second-order valence-corrected chi connectivity index (χ2v) is 10.3. The van der Waals surface area contributed by atoms with Gasteiger partial charge in [0.15, 0.2) is 0 Å². The molecule has 0 unspecified atom stereocenters. The van der Waals surface area contributed by atoms with E-state index in [4.69, 9.17) is 15.5 Å². The van der Waals surface area contributed by atoms with Gasteiger partial charge >= 0.3 is 0 Å². The largest absolute Gasteiger partial charge is 0.368 e. The summed E-state index contributed by atoms with van der Waals surface area (Å²) < 4.78 is 20.4. The number of hydrogen-bond acceptors (Lipinski definition) is 6. The Morgan fingerprint density at radius 3 is 2.67 bits per heavy atom. The highest BCUT2D eigenvalue weighted by atomic mass is 19.1. The van der Waals surface area contributed by atoms with Gasteiger partial charge in [0.25, 0.3) is 5.91 Å². The molecule has 1 saturated heterocycles. The minimum Gasteiger partial charge on any atom is -0.368 e. The minimum absolute atomic E-state index is 0.133. The Morgan fingerprint density at radius 2 is 2.06 bits per heavy atom. The van der Waals surface area contributed by atoms with Crippen molar-refractivity contribution in [2.24, 2.45) is 11.1 Å². The van der Waals surface area contributed by atoms with Crippen molar-refractivity contribution in [2.75, 3.05) is 19.7 Å². The Morgan fingerprint density at radius 1 is 1.28 bits per heavy atom. The summed E-state index contributed by atoms with van der Waals surface area (Å²) in [5.74, 6) is 0.343. The van der Waals surface area contributed by atoms with E-state index in [2.05, 4.69) is 15.0 Å². The number of imidazole rings is 1. The molecule has 4 rings (SSSR count). The molecule has 3 atom stereocenters. The molecule has 36 heavy (non-hydrogen) atoms. The number of aromatic nitrogens is 4. The van der Waals surface area contributed by atoms with Gasteiger partial charge in [-0.05, 0) is 23.8 Å². The number of H-pyrrole nitrogens is 1. The molecule has 192 valence electrons. The average molecular weight is 495 g/mol. The van der Waals surface area contributed by atoms with Crippen LogP contribution in [0.15, 0.2) is 48.9 Å². The molecule has 0 aliphatic carbocycles. The molecule has 3 heterocycles. The molecule has 0 radical (unpaired) electrons. The first-order chi connectivity index (χ1) is 17.3. The third kappa shape index (κ3) is 5.96. The van der Waals surface area contributed by atoms with Crippen LogP contribution in [0.25, 0.3) is 11.4 Å². The Bertz CT molecular complexity index is 1130. The predicted octanol–water partition coefficient (Wildman–Crippen LogP) is 3.85. The minimum atomic E-state index is -1.36. The quantitative estimate of drug-likeness (QED) is 0.468. The molecule has 0 spiro atoms. The van der Waals surface area contributed by atoms with Gasteiger partial charge in [0, 0.05) is 37.7 Å². The third-order valence-electron chi connectivity index (χ3n) is 6.36. The van der Waals surface area contributed by atoms with Crippen LogP contribution < -0.4 is 5.73 Å². The number of aromatic amines is 1. The normalized spacial score (nSPS) is 17.6. The summed E-state index contributed by atoms with van der Waals surface area (Å²) in [5.41, 5.74) is 8.40. The summed E-state index contributed by atoms with van der Waals surface area (Å²) in [6, 6.07) is 9.50. The average Bonchev–Trinajstić information content (AvgIpc) is 3.54. The lowest BCUT2D eigenvalue weighted by Crippen LogP contribution is -2.49. The number of halogens is 1. The second kappa shape index (κ2) is 11.3. The zero-order valence-corrected chi connectivity index (χ0v) is 21.2. The molecule has 1 aliphatic heterocycles. The van der Waals surface area contributed by atoms with Crippen molar-refractivity contribution in [3.63, 3.8) is 0 Å². The summed E-state index contributed by atoms with van der Waals surface area (Å²) in [6.07, 6.45) is 4.97. The highest BCUT2D eigenvalue weighted by molar-refractivity contribution is 5.81. The highest BCUT2D eigenvalue weighted by Gasteiger charge is 2.41. The van der Waals surface area contributed by atoms with E-state index >= 15 is 0 Å². The van der Waals surface area contributed by atoms with E-state index in [-0.39, 0.29) is 19.0 Å². The number of rotatable bonds is 9. The van der Waals surface area contributed by atoms with Gasteiger partial charge in [-0.3, -0.25) is 14.8 Å². The zero-order chi connectivity index (χ0) is 25.7. The number of ether oxygens (including phenoxy) is 1. The summed E-state index contributed by atoms with van der Waals surface area (Å²) in [7, 11) is 0. The van der Waals surface area contributed by atoms with Crippen LogP contribution in [0.5, 0.6) is 0 Å². The van der Waals surface area contributed by atoms with Crippen LogP contribution in [0, 0.1) is 5.41 Å². The van der Waals surface area contributed by atoms with E-state index in [1.807, 2.05) is 51.1 Å². The van der Waals surface area contributed by atoms with Crippen LogP contribution in [-0.2, 0) is 16.0 Å². The molecule has 3 aromatic rings. The van der Waals surface area contributed by atoms with Gasteiger partial charge in [-0.15, -0.1) is 0 Å². The van der Waals surface area contributed by atoms with Gasteiger partial charge in [0.1, 0.15) is 29.5 Å². The van der Waals surface area contributed by atoms with Gasteiger partial charge in [-0.2, -0.15) is 0 Å². The van der Waals surface area contributed by atoms with Gasteiger partial charge < -0.3 is 20.4 Å². The van der Waals surface area contributed by atoms with Crippen LogP contribution >= 0.6 is 0 Å². The SMILES string of the molecule is CC(C)(C)[C@H](c1nc(-c2cnccn2)c(Cc2ccccc2)[nH]1)N(C[C@H](F)CN)C(=O)[C@@H]1CCCO1. The van der Waals surface area contributed by atoms with Gasteiger partial charge in [0.2, 0.25) is 0 Å². The molecule has 1 aromatic carbocycles. The lowest BCUT2D eigenvalue weighted by atomic mass is 9.84. The Hall–Kier alpha value is -3.17. The molecule has 0 saturated carbocycles. The van der Waals surface area contributed by atoms with Crippen LogP contribution in [-0.4, -0.2) is 62.7 Å². The lowest BCUT2D eigenvalue weighted by molar-refractivity contribution is -0.147. The molecule has 9 heteroatoms. The van der Waals surface area contributed by atoms with Crippen molar-refractivity contribution in [1.29, 1.82) is 0 Å². The first-order valence-electron chi connectivity index (χ1n) is 12.4. The number of carbonyl (C=O) groups excluding carboxylic acids is 1. The van der Waals surface area contributed by atoms with Crippen LogP contribution in [0.1, 0.15) is 56.7 Å². The van der Waals surface area contributed by atoms with Crippen molar-refractivity contribution in [1.82, 2.24) is 24.8 Å². The summed E-state index contributed by atoms with van der Waals surface area (Å²) in [6.45, 7) is 6.28. The van der Waals surface area contributed by atoms with Crippen LogP contribution in [0.3, 0.4) is 0 Å². The topological polar surface area (TPSA) is 110 Å². The molecule has 3 N–H and O–H groups in total. The standard InChI is InChI=1S/C27H35FN6O2/c1-27(2,3)24(34(17-19(28)15-29)26(35)22-10-7-13-36-22)25-32-20(14-18-8-5-4-6-9-18)23(33-25)21-16-30-11-12-31-21/h4-6,8-9,11-12,16,19,22,24H,7,10,13-15,17,29H2,1-3H3,(H,32,33)/t19-,22+,24+/m1/s1. The van der Waals surface area contributed by atoms with Gasteiger partial charge in [-0.1, -0.05) is 51.1 Å². The summed E-state index contributed by atoms with van der Waals surface area (Å²) >= 11 is 0.